The Balaban J connectivity index is 2.09. The normalized spacial score (nSPS) is 12.5. The second-order valence-corrected chi connectivity index (χ2v) is 13.1. The highest BCUT2D eigenvalue weighted by molar-refractivity contribution is 7.92. The first-order valence-electron chi connectivity index (χ1n) is 13.5. The quantitative estimate of drug-likeness (QED) is 0.352. The van der Waals surface area contributed by atoms with E-state index < -0.39 is 34.1 Å². The minimum atomic E-state index is -4.10. The Morgan fingerprint density at radius 2 is 1.52 bits per heavy atom. The molecule has 0 aliphatic heterocycles. The topological polar surface area (TPSA) is 86.8 Å². The van der Waals surface area contributed by atoms with Crippen molar-refractivity contribution in [3.05, 3.63) is 95.1 Å². The number of nitrogens with zero attached hydrogens (tertiary/aromatic N) is 2. The van der Waals surface area contributed by atoms with Crippen molar-refractivity contribution in [2.24, 2.45) is 0 Å². The van der Waals surface area contributed by atoms with Crippen LogP contribution in [0.15, 0.2) is 77.7 Å². The molecule has 0 aliphatic carbocycles. The number of aryl methyl sites for hydroxylation is 3. The standard InChI is InChI=1S/C32H41N3O4S/c1-8-28(31(37)33-32(5,6)7)34(21-26-14-11-12-24(3)20-26)30(36)22-35(29-15-10-9-13-25(29)4)40(38,39)27-18-16-23(2)17-19-27/h9-20,28H,8,21-22H2,1-7H3,(H,33,37). The molecule has 0 saturated carbocycles. The largest absolute Gasteiger partial charge is 0.350 e. The van der Waals surface area contributed by atoms with Crippen molar-refractivity contribution in [3.8, 4) is 0 Å². The molecule has 3 rings (SSSR count). The van der Waals surface area contributed by atoms with Crippen molar-refractivity contribution in [2.45, 2.75) is 77.9 Å². The summed E-state index contributed by atoms with van der Waals surface area (Å²) in [5, 5.41) is 2.99. The smallest absolute Gasteiger partial charge is 0.264 e. The number of hydrogen-bond donors (Lipinski definition) is 1. The molecule has 1 unspecified atom stereocenters. The molecular formula is C32H41N3O4S. The van der Waals surface area contributed by atoms with E-state index in [9.17, 15) is 18.0 Å². The summed E-state index contributed by atoms with van der Waals surface area (Å²) in [6.07, 6.45) is 0.370. The van der Waals surface area contributed by atoms with Crippen LogP contribution in [0, 0.1) is 20.8 Å². The number of carbonyl (C=O) groups is 2. The van der Waals surface area contributed by atoms with Gasteiger partial charge in [0.05, 0.1) is 10.6 Å². The molecule has 0 fully saturated rings. The Bertz CT molecular complexity index is 1440. The number of sulfonamides is 1. The van der Waals surface area contributed by atoms with Crippen LogP contribution in [0.5, 0.6) is 0 Å². The molecule has 0 aliphatic rings. The molecule has 3 aromatic rings. The Morgan fingerprint density at radius 1 is 0.875 bits per heavy atom. The van der Waals surface area contributed by atoms with Gasteiger partial charge < -0.3 is 10.2 Å². The number of hydrogen-bond acceptors (Lipinski definition) is 4. The number of carbonyl (C=O) groups excluding carboxylic acids is 2. The van der Waals surface area contributed by atoms with Crippen LogP contribution in [0.4, 0.5) is 5.69 Å². The summed E-state index contributed by atoms with van der Waals surface area (Å²) < 4.78 is 29.1. The lowest BCUT2D eigenvalue weighted by Gasteiger charge is -2.35. The lowest BCUT2D eigenvalue weighted by molar-refractivity contribution is -0.141. The molecule has 0 bridgehead atoms. The molecule has 8 heteroatoms. The van der Waals surface area contributed by atoms with Gasteiger partial charge >= 0.3 is 0 Å². The van der Waals surface area contributed by atoms with Crippen molar-refractivity contribution in [3.63, 3.8) is 0 Å². The Hall–Kier alpha value is -3.65. The van der Waals surface area contributed by atoms with Gasteiger partial charge in [-0.3, -0.25) is 13.9 Å². The molecule has 0 heterocycles. The number of anilines is 1. The van der Waals surface area contributed by atoms with E-state index in [0.29, 0.717) is 17.7 Å². The average molecular weight is 564 g/mol. The number of para-hydroxylation sites is 1. The van der Waals surface area contributed by atoms with Gasteiger partial charge in [-0.1, -0.05) is 72.6 Å². The summed E-state index contributed by atoms with van der Waals surface area (Å²) in [7, 11) is -4.10. The van der Waals surface area contributed by atoms with Crippen LogP contribution < -0.4 is 9.62 Å². The van der Waals surface area contributed by atoms with Gasteiger partial charge in [0.25, 0.3) is 10.0 Å². The number of nitrogens with one attached hydrogen (secondary N) is 1. The lowest BCUT2D eigenvalue weighted by atomic mass is 10.0. The lowest BCUT2D eigenvalue weighted by Crippen LogP contribution is -2.55. The molecule has 3 aromatic carbocycles. The van der Waals surface area contributed by atoms with Crippen LogP contribution in [-0.4, -0.2) is 43.3 Å². The third-order valence-electron chi connectivity index (χ3n) is 6.59. The van der Waals surface area contributed by atoms with E-state index in [0.717, 1.165) is 21.0 Å². The highest BCUT2D eigenvalue weighted by Crippen LogP contribution is 2.28. The van der Waals surface area contributed by atoms with Crippen molar-refractivity contribution in [1.82, 2.24) is 10.2 Å². The van der Waals surface area contributed by atoms with Crippen LogP contribution in [-0.2, 0) is 26.2 Å². The first-order chi connectivity index (χ1) is 18.7. The monoisotopic (exact) mass is 563 g/mol. The molecular weight excluding hydrogens is 522 g/mol. The van der Waals surface area contributed by atoms with Crippen molar-refractivity contribution in [1.29, 1.82) is 0 Å². The fraction of sp³-hybridized carbons (Fsp3) is 0.375. The molecule has 1 atom stereocenters. The summed E-state index contributed by atoms with van der Waals surface area (Å²) in [5.74, 6) is -0.740. The van der Waals surface area contributed by atoms with Gasteiger partial charge in [-0.25, -0.2) is 8.42 Å². The van der Waals surface area contributed by atoms with E-state index in [1.54, 1.807) is 36.4 Å². The summed E-state index contributed by atoms with van der Waals surface area (Å²) in [6.45, 7) is 12.9. The third kappa shape index (κ3) is 7.72. The molecule has 40 heavy (non-hydrogen) atoms. The second-order valence-electron chi connectivity index (χ2n) is 11.3. The fourth-order valence-electron chi connectivity index (χ4n) is 4.57. The maximum Gasteiger partial charge on any atom is 0.264 e. The molecule has 1 N–H and O–H groups in total. The highest BCUT2D eigenvalue weighted by atomic mass is 32.2. The van der Waals surface area contributed by atoms with Gasteiger partial charge in [0.1, 0.15) is 12.6 Å². The molecule has 0 saturated heterocycles. The molecule has 0 aromatic heterocycles. The molecule has 7 nitrogen and oxygen atoms in total. The Labute approximate surface area is 239 Å². The van der Waals surface area contributed by atoms with Crippen LogP contribution in [0.25, 0.3) is 0 Å². The highest BCUT2D eigenvalue weighted by Gasteiger charge is 2.35. The number of rotatable bonds is 10. The van der Waals surface area contributed by atoms with Gasteiger partial charge in [0.2, 0.25) is 11.8 Å². The van der Waals surface area contributed by atoms with Crippen LogP contribution in [0.1, 0.15) is 56.4 Å². The van der Waals surface area contributed by atoms with Gasteiger partial charge in [0.15, 0.2) is 0 Å². The number of amides is 2. The SMILES string of the molecule is CCC(C(=O)NC(C)(C)C)N(Cc1cccc(C)c1)C(=O)CN(c1ccccc1C)S(=O)(=O)c1ccc(C)cc1. The molecule has 0 radical (unpaired) electrons. The first kappa shape index (κ1) is 30.9. The molecule has 2 amide bonds. The summed E-state index contributed by atoms with van der Waals surface area (Å²) in [5.41, 5.74) is 3.45. The van der Waals surface area contributed by atoms with Crippen LogP contribution >= 0.6 is 0 Å². The minimum absolute atomic E-state index is 0.0944. The first-order valence-corrected chi connectivity index (χ1v) is 15.0. The van der Waals surface area contributed by atoms with Crippen LogP contribution in [0.2, 0.25) is 0 Å². The maximum atomic E-state index is 14.2. The maximum absolute atomic E-state index is 14.2. The minimum Gasteiger partial charge on any atom is -0.350 e. The van der Waals surface area contributed by atoms with Crippen molar-refractivity contribution >= 4 is 27.5 Å². The van der Waals surface area contributed by atoms with Gasteiger partial charge in [-0.2, -0.15) is 0 Å². The predicted octanol–water partition coefficient (Wildman–Crippen LogP) is 5.53. The molecule has 214 valence electrons. The predicted molar refractivity (Wildman–Crippen MR) is 161 cm³/mol. The van der Waals surface area contributed by atoms with E-state index in [1.807, 2.05) is 84.9 Å². The Morgan fingerprint density at radius 3 is 2.10 bits per heavy atom. The fourth-order valence-corrected chi connectivity index (χ4v) is 6.05. The van der Waals surface area contributed by atoms with E-state index in [2.05, 4.69) is 5.32 Å². The van der Waals surface area contributed by atoms with E-state index in [4.69, 9.17) is 0 Å². The van der Waals surface area contributed by atoms with Crippen LogP contribution in [0.3, 0.4) is 0 Å². The van der Waals surface area contributed by atoms with Crippen molar-refractivity contribution in [2.75, 3.05) is 10.8 Å². The Kier molecular flexibility index (Phi) is 9.79. The summed E-state index contributed by atoms with van der Waals surface area (Å²) in [6, 6.07) is 20.6. The number of benzene rings is 3. The third-order valence-corrected chi connectivity index (χ3v) is 8.37. The summed E-state index contributed by atoms with van der Waals surface area (Å²) >= 11 is 0. The van der Waals surface area contributed by atoms with E-state index in [1.165, 1.54) is 4.90 Å². The second kappa shape index (κ2) is 12.7. The molecule has 0 spiro atoms. The van der Waals surface area contributed by atoms with Gasteiger partial charge in [0, 0.05) is 12.1 Å². The van der Waals surface area contributed by atoms with E-state index >= 15 is 0 Å². The summed E-state index contributed by atoms with van der Waals surface area (Å²) in [4.78, 5) is 29.2. The van der Waals surface area contributed by atoms with Crippen molar-refractivity contribution < 1.29 is 18.0 Å². The van der Waals surface area contributed by atoms with Gasteiger partial charge in [-0.05, 0) is 77.3 Å². The zero-order valence-electron chi connectivity index (χ0n) is 24.6. The zero-order chi connectivity index (χ0) is 29.7. The van der Waals surface area contributed by atoms with Gasteiger partial charge in [-0.15, -0.1) is 0 Å². The average Bonchev–Trinajstić information content (AvgIpc) is 2.86. The van der Waals surface area contributed by atoms with E-state index in [-0.39, 0.29) is 17.3 Å². The zero-order valence-corrected chi connectivity index (χ0v) is 25.4.